The first kappa shape index (κ1) is 22.7. The number of carboxylic acids is 1. The summed E-state index contributed by atoms with van der Waals surface area (Å²) >= 11 is 0. The summed E-state index contributed by atoms with van der Waals surface area (Å²) in [7, 11) is -3.25. The Balaban J connectivity index is 2.11. The van der Waals surface area contributed by atoms with Crippen LogP contribution in [0.1, 0.15) is 35.2 Å². The molecule has 0 spiro atoms. The highest BCUT2D eigenvalue weighted by Gasteiger charge is 2.34. The summed E-state index contributed by atoms with van der Waals surface area (Å²) in [5.74, 6) is -1.27. The van der Waals surface area contributed by atoms with Crippen LogP contribution in [0, 0.1) is 0 Å². The van der Waals surface area contributed by atoms with Crippen LogP contribution in [0.15, 0.2) is 41.3 Å². The van der Waals surface area contributed by atoms with Gasteiger partial charge in [-0.2, -0.15) is 13.2 Å². The lowest BCUT2D eigenvalue weighted by atomic mass is 10.1. The van der Waals surface area contributed by atoms with Gasteiger partial charge in [0.2, 0.25) is 0 Å². The standard InChI is InChI=1S/C20H21F3N2O5S/c1-30-17-8-5-13(19(26)27)11-15(17)24-31(28,29)18-12-14(20(21,22)23)6-7-16(18)25-9-3-2-4-10-25/h5-8,11-12,24H,2-4,9-10H2,1H3,(H,26,27). The first-order chi connectivity index (χ1) is 14.5. The molecule has 3 rings (SSSR count). The first-order valence-electron chi connectivity index (χ1n) is 9.43. The number of aromatic carboxylic acids is 1. The van der Waals surface area contributed by atoms with Crippen molar-refractivity contribution < 1.29 is 36.2 Å². The SMILES string of the molecule is COc1ccc(C(=O)O)cc1NS(=O)(=O)c1cc(C(F)(F)F)ccc1N1CCCCC1. The Morgan fingerprint density at radius 2 is 1.77 bits per heavy atom. The molecule has 1 fully saturated rings. The molecule has 2 aromatic rings. The van der Waals surface area contributed by atoms with Gasteiger partial charge in [-0.05, 0) is 55.7 Å². The summed E-state index contributed by atoms with van der Waals surface area (Å²) in [6, 6.07) is 6.15. The van der Waals surface area contributed by atoms with E-state index in [4.69, 9.17) is 4.74 Å². The molecule has 0 radical (unpaired) electrons. The average Bonchev–Trinajstić information content (AvgIpc) is 2.73. The average molecular weight is 458 g/mol. The largest absolute Gasteiger partial charge is 0.495 e. The minimum atomic E-state index is -4.73. The number of rotatable bonds is 6. The van der Waals surface area contributed by atoms with Crippen molar-refractivity contribution in [3.8, 4) is 5.75 Å². The number of sulfonamides is 1. The molecule has 1 aliphatic rings. The molecule has 7 nitrogen and oxygen atoms in total. The number of nitrogens with zero attached hydrogens (tertiary/aromatic N) is 1. The topological polar surface area (TPSA) is 95.9 Å². The van der Waals surface area contributed by atoms with Gasteiger partial charge in [-0.25, -0.2) is 13.2 Å². The van der Waals surface area contributed by atoms with Crippen LogP contribution < -0.4 is 14.4 Å². The van der Waals surface area contributed by atoms with Gasteiger partial charge in [0, 0.05) is 13.1 Å². The predicted octanol–water partition coefficient (Wildman–Crippen LogP) is 4.20. The highest BCUT2D eigenvalue weighted by Crippen LogP contribution is 2.37. The molecule has 0 aromatic heterocycles. The highest BCUT2D eigenvalue weighted by atomic mass is 32.2. The number of halogens is 3. The van der Waals surface area contributed by atoms with Crippen molar-refractivity contribution in [1.29, 1.82) is 0 Å². The van der Waals surface area contributed by atoms with E-state index >= 15 is 0 Å². The fourth-order valence-electron chi connectivity index (χ4n) is 3.42. The molecule has 0 aliphatic carbocycles. The van der Waals surface area contributed by atoms with E-state index in [0.29, 0.717) is 19.2 Å². The van der Waals surface area contributed by atoms with Crippen molar-refractivity contribution in [2.24, 2.45) is 0 Å². The summed E-state index contributed by atoms with van der Waals surface area (Å²) in [4.78, 5) is 12.5. The van der Waals surface area contributed by atoms with Crippen molar-refractivity contribution in [2.45, 2.75) is 30.3 Å². The minimum absolute atomic E-state index is 0.0278. The molecule has 0 saturated carbocycles. The molecule has 0 atom stereocenters. The zero-order chi connectivity index (χ0) is 22.8. The fourth-order valence-corrected chi connectivity index (χ4v) is 4.74. The Morgan fingerprint density at radius 1 is 1.10 bits per heavy atom. The maximum Gasteiger partial charge on any atom is 0.416 e. The van der Waals surface area contributed by atoms with Crippen LogP contribution in [-0.2, 0) is 16.2 Å². The Hall–Kier alpha value is -2.95. The normalized spacial score (nSPS) is 14.9. The van der Waals surface area contributed by atoms with Crippen LogP contribution >= 0.6 is 0 Å². The summed E-state index contributed by atoms with van der Waals surface area (Å²) in [5, 5.41) is 9.18. The van der Waals surface area contributed by atoms with E-state index in [0.717, 1.165) is 37.5 Å². The maximum atomic E-state index is 13.3. The van der Waals surface area contributed by atoms with Crippen molar-refractivity contribution in [3.05, 3.63) is 47.5 Å². The number of ether oxygens (including phenoxy) is 1. The second kappa shape index (κ2) is 8.66. The van der Waals surface area contributed by atoms with Crippen LogP contribution in [-0.4, -0.2) is 39.7 Å². The number of methoxy groups -OCH3 is 1. The number of hydrogen-bond acceptors (Lipinski definition) is 5. The molecule has 1 saturated heterocycles. The lowest BCUT2D eigenvalue weighted by molar-refractivity contribution is -0.137. The van der Waals surface area contributed by atoms with Gasteiger partial charge in [0.25, 0.3) is 10.0 Å². The number of nitrogens with one attached hydrogen (secondary N) is 1. The van der Waals surface area contributed by atoms with E-state index in [2.05, 4.69) is 4.72 Å². The second-order valence-electron chi connectivity index (χ2n) is 7.05. The van der Waals surface area contributed by atoms with Crippen molar-refractivity contribution >= 4 is 27.4 Å². The Bertz CT molecular complexity index is 1080. The number of carbonyl (C=O) groups is 1. The summed E-state index contributed by atoms with van der Waals surface area (Å²) in [5.41, 5.74) is -1.34. The van der Waals surface area contributed by atoms with Gasteiger partial charge >= 0.3 is 12.1 Å². The van der Waals surface area contributed by atoms with E-state index in [9.17, 15) is 31.5 Å². The number of hydrogen-bond donors (Lipinski definition) is 2. The van der Waals surface area contributed by atoms with Crippen LogP contribution in [0.4, 0.5) is 24.5 Å². The maximum absolute atomic E-state index is 13.3. The number of benzene rings is 2. The van der Waals surface area contributed by atoms with E-state index < -0.39 is 32.6 Å². The van der Waals surface area contributed by atoms with Crippen molar-refractivity contribution in [2.75, 3.05) is 29.8 Å². The monoisotopic (exact) mass is 458 g/mol. The quantitative estimate of drug-likeness (QED) is 0.674. The molecule has 0 bridgehead atoms. The van der Waals surface area contributed by atoms with Crippen LogP contribution in [0.2, 0.25) is 0 Å². The third-order valence-corrected chi connectivity index (χ3v) is 6.36. The van der Waals surface area contributed by atoms with E-state index in [1.54, 1.807) is 4.90 Å². The predicted molar refractivity (Wildman–Crippen MR) is 108 cm³/mol. The van der Waals surface area contributed by atoms with Gasteiger partial charge in [-0.3, -0.25) is 4.72 Å². The molecule has 11 heteroatoms. The fraction of sp³-hybridized carbons (Fsp3) is 0.350. The lowest BCUT2D eigenvalue weighted by Gasteiger charge is -2.31. The molecule has 2 aromatic carbocycles. The number of anilines is 2. The van der Waals surface area contributed by atoms with E-state index in [1.807, 2.05) is 0 Å². The molecule has 0 unspecified atom stereocenters. The van der Waals surface area contributed by atoms with Gasteiger partial charge in [0.05, 0.1) is 29.6 Å². The third kappa shape index (κ3) is 5.04. The van der Waals surface area contributed by atoms with Crippen LogP contribution in [0.5, 0.6) is 5.75 Å². The zero-order valence-corrected chi connectivity index (χ0v) is 17.4. The molecular weight excluding hydrogens is 437 g/mol. The minimum Gasteiger partial charge on any atom is -0.495 e. The number of alkyl halides is 3. The molecule has 1 aliphatic heterocycles. The van der Waals surface area contributed by atoms with Crippen molar-refractivity contribution in [3.63, 3.8) is 0 Å². The number of piperidine rings is 1. The molecule has 0 amide bonds. The molecule has 1 heterocycles. The van der Waals surface area contributed by atoms with Gasteiger partial charge in [0.15, 0.2) is 0 Å². The Kier molecular flexibility index (Phi) is 6.35. The summed E-state index contributed by atoms with van der Waals surface area (Å²) < 4.78 is 73.6. The third-order valence-electron chi connectivity index (χ3n) is 4.96. The molecular formula is C20H21F3N2O5S. The van der Waals surface area contributed by atoms with E-state index in [-0.39, 0.29) is 22.7 Å². The van der Waals surface area contributed by atoms with Gasteiger partial charge < -0.3 is 14.7 Å². The molecule has 2 N–H and O–H groups in total. The van der Waals surface area contributed by atoms with Gasteiger partial charge in [-0.1, -0.05) is 0 Å². The summed E-state index contributed by atoms with van der Waals surface area (Å²) in [6.45, 7) is 1.04. The van der Waals surface area contributed by atoms with Gasteiger partial charge in [-0.15, -0.1) is 0 Å². The summed E-state index contributed by atoms with van der Waals surface area (Å²) in [6.07, 6.45) is -2.19. The Morgan fingerprint density at radius 3 is 2.35 bits per heavy atom. The van der Waals surface area contributed by atoms with Crippen LogP contribution in [0.25, 0.3) is 0 Å². The lowest BCUT2D eigenvalue weighted by Crippen LogP contribution is -2.31. The Labute approximate surface area is 177 Å². The number of carboxylic acid groups (broad SMARTS) is 1. The first-order valence-corrected chi connectivity index (χ1v) is 10.9. The molecule has 31 heavy (non-hydrogen) atoms. The molecule has 168 valence electrons. The van der Waals surface area contributed by atoms with Gasteiger partial charge in [0.1, 0.15) is 10.6 Å². The van der Waals surface area contributed by atoms with Crippen LogP contribution in [0.3, 0.4) is 0 Å². The second-order valence-corrected chi connectivity index (χ2v) is 8.70. The van der Waals surface area contributed by atoms with Crippen molar-refractivity contribution in [1.82, 2.24) is 0 Å². The van der Waals surface area contributed by atoms with E-state index in [1.165, 1.54) is 19.2 Å². The smallest absolute Gasteiger partial charge is 0.416 e. The zero-order valence-electron chi connectivity index (χ0n) is 16.6. The highest BCUT2D eigenvalue weighted by molar-refractivity contribution is 7.93.